The van der Waals surface area contributed by atoms with Crippen LogP contribution in [0.15, 0.2) is 71.6 Å². The monoisotopic (exact) mass is 486 g/mol. The van der Waals surface area contributed by atoms with E-state index in [-0.39, 0.29) is 10.6 Å². The number of piperazine rings is 1. The Morgan fingerprint density at radius 2 is 1.56 bits per heavy atom. The minimum Gasteiger partial charge on any atom is -0.493 e. The second-order valence-corrected chi connectivity index (χ2v) is 9.49. The van der Waals surface area contributed by atoms with Crippen LogP contribution in [0.5, 0.6) is 17.2 Å². The van der Waals surface area contributed by atoms with Gasteiger partial charge >= 0.3 is 10.1 Å². The number of hydrogen-bond donors (Lipinski definition) is 0. The van der Waals surface area contributed by atoms with Crippen LogP contribution in [0.4, 0.5) is 10.1 Å². The lowest BCUT2D eigenvalue weighted by molar-refractivity contribution is 0.249. The number of ether oxygens (including phenoxy) is 2. The van der Waals surface area contributed by atoms with Crippen molar-refractivity contribution in [2.45, 2.75) is 11.4 Å². The molecule has 0 aliphatic carbocycles. The molecule has 1 heterocycles. The summed E-state index contributed by atoms with van der Waals surface area (Å²) in [4.78, 5) is 4.40. The highest BCUT2D eigenvalue weighted by Crippen LogP contribution is 2.29. The van der Waals surface area contributed by atoms with Crippen molar-refractivity contribution in [3.05, 3.63) is 78.1 Å². The summed E-state index contributed by atoms with van der Waals surface area (Å²) in [6.45, 7) is 4.28. The molecule has 0 amide bonds. The first kappa shape index (κ1) is 23.8. The van der Waals surface area contributed by atoms with Gasteiger partial charge in [0, 0.05) is 38.4 Å². The molecule has 3 aromatic rings. The summed E-state index contributed by atoms with van der Waals surface area (Å²) >= 11 is 0. The number of benzene rings is 3. The van der Waals surface area contributed by atoms with E-state index in [2.05, 4.69) is 9.80 Å². The highest BCUT2D eigenvalue weighted by Gasteiger charge is 2.20. The van der Waals surface area contributed by atoms with Gasteiger partial charge in [-0.1, -0.05) is 12.1 Å². The largest absolute Gasteiger partial charge is 0.493 e. The highest BCUT2D eigenvalue weighted by atomic mass is 32.2. The maximum Gasteiger partial charge on any atom is 0.339 e. The second kappa shape index (κ2) is 10.3. The molecular formula is C25H27FN2O5S. The lowest BCUT2D eigenvalue weighted by Crippen LogP contribution is -2.45. The topological polar surface area (TPSA) is 68.3 Å². The predicted molar refractivity (Wildman–Crippen MR) is 128 cm³/mol. The van der Waals surface area contributed by atoms with Crippen LogP contribution < -0.4 is 18.6 Å². The fourth-order valence-corrected chi connectivity index (χ4v) is 4.87. The van der Waals surface area contributed by atoms with Crippen molar-refractivity contribution in [2.24, 2.45) is 0 Å². The van der Waals surface area contributed by atoms with Gasteiger partial charge in [-0.15, -0.1) is 0 Å². The van der Waals surface area contributed by atoms with Crippen LogP contribution in [-0.4, -0.2) is 53.7 Å². The molecule has 1 aliphatic rings. The van der Waals surface area contributed by atoms with E-state index >= 15 is 0 Å². The summed E-state index contributed by atoms with van der Waals surface area (Å²) in [5, 5.41) is 0. The third-order valence-electron chi connectivity index (χ3n) is 5.72. The molecule has 0 spiro atoms. The Labute approximate surface area is 199 Å². The molecule has 1 aliphatic heterocycles. The first-order valence-electron chi connectivity index (χ1n) is 10.9. The van der Waals surface area contributed by atoms with Crippen molar-refractivity contribution in [2.75, 3.05) is 45.3 Å². The van der Waals surface area contributed by atoms with Crippen LogP contribution in [-0.2, 0) is 16.7 Å². The van der Waals surface area contributed by atoms with Crippen molar-refractivity contribution >= 4 is 15.8 Å². The van der Waals surface area contributed by atoms with Crippen LogP contribution in [0.2, 0.25) is 0 Å². The summed E-state index contributed by atoms with van der Waals surface area (Å²) in [7, 11) is -0.841. The molecule has 180 valence electrons. The van der Waals surface area contributed by atoms with Gasteiger partial charge in [0.05, 0.1) is 14.2 Å². The highest BCUT2D eigenvalue weighted by molar-refractivity contribution is 7.87. The van der Waals surface area contributed by atoms with Gasteiger partial charge in [-0.05, 0) is 60.2 Å². The minimum atomic E-state index is -4.10. The first-order valence-corrected chi connectivity index (χ1v) is 12.3. The van der Waals surface area contributed by atoms with Crippen molar-refractivity contribution in [3.63, 3.8) is 0 Å². The number of anilines is 1. The van der Waals surface area contributed by atoms with E-state index in [9.17, 15) is 12.8 Å². The molecule has 0 radical (unpaired) electrons. The smallest absolute Gasteiger partial charge is 0.339 e. The lowest BCUT2D eigenvalue weighted by Gasteiger charge is -2.36. The van der Waals surface area contributed by atoms with Gasteiger partial charge in [0.2, 0.25) is 0 Å². The molecule has 1 fully saturated rings. The Morgan fingerprint density at radius 1 is 0.853 bits per heavy atom. The number of rotatable bonds is 8. The molecule has 0 N–H and O–H groups in total. The standard InChI is InChI=1S/C25H27FN2O5S/c1-31-24-11-6-19(16-25(24)32-2)18-27-12-14-28(15-13-27)21-7-9-22(10-8-21)33-34(29,30)23-5-3-4-20(26)17-23/h3-11,16-17H,12-15,18H2,1-2H3. The van der Waals surface area contributed by atoms with Gasteiger partial charge in [-0.2, -0.15) is 8.42 Å². The zero-order valence-corrected chi connectivity index (χ0v) is 19.9. The van der Waals surface area contributed by atoms with Gasteiger partial charge in [0.25, 0.3) is 0 Å². The Hall–Kier alpha value is -3.30. The van der Waals surface area contributed by atoms with E-state index in [1.807, 2.05) is 30.3 Å². The lowest BCUT2D eigenvalue weighted by atomic mass is 10.1. The number of methoxy groups -OCH3 is 2. The zero-order chi connectivity index (χ0) is 24.1. The Balaban J connectivity index is 1.33. The molecule has 7 nitrogen and oxygen atoms in total. The molecule has 3 aromatic carbocycles. The summed E-state index contributed by atoms with van der Waals surface area (Å²) in [6, 6.07) is 17.6. The van der Waals surface area contributed by atoms with Crippen LogP contribution in [0.3, 0.4) is 0 Å². The SMILES string of the molecule is COc1ccc(CN2CCN(c3ccc(OS(=O)(=O)c4cccc(F)c4)cc3)CC2)cc1OC. The van der Waals surface area contributed by atoms with E-state index in [0.717, 1.165) is 55.8 Å². The molecule has 4 rings (SSSR count). The molecule has 0 bridgehead atoms. The van der Waals surface area contributed by atoms with Crippen LogP contribution in [0.25, 0.3) is 0 Å². The molecule has 9 heteroatoms. The van der Waals surface area contributed by atoms with E-state index in [1.54, 1.807) is 26.4 Å². The zero-order valence-electron chi connectivity index (χ0n) is 19.1. The maximum atomic E-state index is 13.4. The van der Waals surface area contributed by atoms with Crippen LogP contribution in [0.1, 0.15) is 5.56 Å². The Morgan fingerprint density at radius 3 is 2.21 bits per heavy atom. The average Bonchev–Trinajstić information content (AvgIpc) is 2.85. The molecule has 34 heavy (non-hydrogen) atoms. The molecule has 0 saturated carbocycles. The number of hydrogen-bond acceptors (Lipinski definition) is 7. The third-order valence-corrected chi connectivity index (χ3v) is 6.96. The number of nitrogens with zero attached hydrogens (tertiary/aromatic N) is 2. The molecule has 0 unspecified atom stereocenters. The molecule has 0 atom stereocenters. The van der Waals surface area contributed by atoms with Crippen molar-refractivity contribution < 1.29 is 26.5 Å². The van der Waals surface area contributed by atoms with Crippen LogP contribution >= 0.6 is 0 Å². The van der Waals surface area contributed by atoms with Crippen molar-refractivity contribution in [1.82, 2.24) is 4.90 Å². The number of halogens is 1. The summed E-state index contributed by atoms with van der Waals surface area (Å²) in [6.07, 6.45) is 0. The molecular weight excluding hydrogens is 459 g/mol. The summed E-state index contributed by atoms with van der Waals surface area (Å²) in [5.41, 5.74) is 2.15. The van der Waals surface area contributed by atoms with E-state index in [4.69, 9.17) is 13.7 Å². The minimum absolute atomic E-state index is 0.181. The average molecular weight is 487 g/mol. The normalized spacial score (nSPS) is 14.6. The second-order valence-electron chi connectivity index (χ2n) is 7.94. The quantitative estimate of drug-likeness (QED) is 0.447. The van der Waals surface area contributed by atoms with E-state index in [1.165, 1.54) is 18.2 Å². The molecule has 0 aromatic heterocycles. The van der Waals surface area contributed by atoms with Crippen molar-refractivity contribution in [1.29, 1.82) is 0 Å². The maximum absolute atomic E-state index is 13.4. The predicted octanol–water partition coefficient (Wildman–Crippen LogP) is 3.93. The van der Waals surface area contributed by atoms with Gasteiger partial charge < -0.3 is 18.6 Å². The summed E-state index contributed by atoms with van der Waals surface area (Å²) in [5.74, 6) is 0.984. The van der Waals surface area contributed by atoms with Gasteiger partial charge in [0.15, 0.2) is 11.5 Å². The van der Waals surface area contributed by atoms with Gasteiger partial charge in [-0.25, -0.2) is 4.39 Å². The molecule has 1 saturated heterocycles. The Bertz CT molecular complexity index is 1230. The third kappa shape index (κ3) is 5.60. The van der Waals surface area contributed by atoms with Gasteiger partial charge in [-0.3, -0.25) is 4.90 Å². The van der Waals surface area contributed by atoms with Crippen molar-refractivity contribution in [3.8, 4) is 17.2 Å². The van der Waals surface area contributed by atoms with E-state index in [0.29, 0.717) is 5.75 Å². The van der Waals surface area contributed by atoms with Gasteiger partial charge in [0.1, 0.15) is 16.5 Å². The fraction of sp³-hybridized carbons (Fsp3) is 0.280. The van der Waals surface area contributed by atoms with E-state index < -0.39 is 15.9 Å². The summed E-state index contributed by atoms with van der Waals surface area (Å²) < 4.78 is 54.0. The van der Waals surface area contributed by atoms with Crippen LogP contribution in [0, 0.1) is 5.82 Å². The first-order chi connectivity index (χ1) is 16.4. The Kier molecular flexibility index (Phi) is 7.23. The fourth-order valence-electron chi connectivity index (χ4n) is 3.91.